The van der Waals surface area contributed by atoms with E-state index in [1.165, 1.54) is 24.3 Å². The summed E-state index contributed by atoms with van der Waals surface area (Å²) >= 11 is 5.79. The van der Waals surface area contributed by atoms with Gasteiger partial charge in [-0.15, -0.1) is 0 Å². The van der Waals surface area contributed by atoms with Gasteiger partial charge in [0.05, 0.1) is 4.90 Å². The molecule has 1 fully saturated rings. The van der Waals surface area contributed by atoms with E-state index in [4.69, 9.17) is 16.3 Å². The minimum absolute atomic E-state index is 0.0136. The predicted octanol–water partition coefficient (Wildman–Crippen LogP) is 1.27. The van der Waals surface area contributed by atoms with Crippen LogP contribution in [0, 0.1) is 0 Å². The molecule has 1 saturated heterocycles. The standard InChI is InChI=1S/C17H22ClN3O6S/c1-11(2)19-17(24)20-15(22)10-27-16(23)14-4-3-9-21(14)28(25,26)13-7-5-12(18)6-8-13/h5-8,11,14H,3-4,9-10H2,1-2H3,(H2,19,20,22,24). The first-order valence-corrected chi connectivity index (χ1v) is 10.5. The molecule has 154 valence electrons. The number of nitrogens with one attached hydrogen (secondary N) is 2. The number of amides is 3. The highest BCUT2D eigenvalue weighted by molar-refractivity contribution is 7.89. The van der Waals surface area contributed by atoms with E-state index in [1.807, 2.05) is 5.32 Å². The van der Waals surface area contributed by atoms with Crippen LogP contribution in [0.1, 0.15) is 26.7 Å². The van der Waals surface area contributed by atoms with E-state index >= 15 is 0 Å². The predicted molar refractivity (Wildman–Crippen MR) is 101 cm³/mol. The zero-order chi connectivity index (χ0) is 20.9. The maximum absolute atomic E-state index is 12.8. The van der Waals surface area contributed by atoms with Gasteiger partial charge in [0.1, 0.15) is 6.04 Å². The lowest BCUT2D eigenvalue weighted by Crippen LogP contribution is -2.45. The van der Waals surface area contributed by atoms with Gasteiger partial charge in [0.25, 0.3) is 5.91 Å². The van der Waals surface area contributed by atoms with Crippen molar-refractivity contribution in [3.05, 3.63) is 29.3 Å². The summed E-state index contributed by atoms with van der Waals surface area (Å²) in [5.41, 5.74) is 0. The fourth-order valence-electron chi connectivity index (χ4n) is 2.70. The van der Waals surface area contributed by atoms with Gasteiger partial charge in [-0.2, -0.15) is 4.31 Å². The third-order valence-electron chi connectivity index (χ3n) is 3.91. The highest BCUT2D eigenvalue weighted by atomic mass is 35.5. The van der Waals surface area contributed by atoms with Crippen LogP contribution in [0.5, 0.6) is 0 Å². The Morgan fingerprint density at radius 2 is 1.89 bits per heavy atom. The van der Waals surface area contributed by atoms with E-state index in [0.717, 1.165) is 4.31 Å². The molecule has 0 aromatic heterocycles. The molecule has 0 radical (unpaired) electrons. The topological polar surface area (TPSA) is 122 Å². The van der Waals surface area contributed by atoms with Gasteiger partial charge in [0.15, 0.2) is 6.61 Å². The summed E-state index contributed by atoms with van der Waals surface area (Å²) in [6, 6.07) is 3.72. The van der Waals surface area contributed by atoms with Gasteiger partial charge in [-0.1, -0.05) is 11.6 Å². The third-order valence-corrected chi connectivity index (χ3v) is 6.09. The molecule has 0 bridgehead atoms. The van der Waals surface area contributed by atoms with Crippen molar-refractivity contribution in [3.8, 4) is 0 Å². The summed E-state index contributed by atoms with van der Waals surface area (Å²) in [7, 11) is -3.91. The lowest BCUT2D eigenvalue weighted by Gasteiger charge is -2.22. The van der Waals surface area contributed by atoms with Crippen LogP contribution >= 0.6 is 11.6 Å². The van der Waals surface area contributed by atoms with Gasteiger partial charge in [-0.3, -0.25) is 14.9 Å². The van der Waals surface area contributed by atoms with Crippen molar-refractivity contribution in [3.63, 3.8) is 0 Å². The number of hydrogen-bond acceptors (Lipinski definition) is 6. The quantitative estimate of drug-likeness (QED) is 0.654. The Hall–Kier alpha value is -2.17. The van der Waals surface area contributed by atoms with E-state index in [2.05, 4.69) is 5.32 Å². The second-order valence-electron chi connectivity index (χ2n) is 6.51. The van der Waals surface area contributed by atoms with Crippen LogP contribution in [-0.2, 0) is 24.3 Å². The smallest absolute Gasteiger partial charge is 0.324 e. The minimum atomic E-state index is -3.91. The maximum atomic E-state index is 12.8. The Kier molecular flexibility index (Phi) is 7.39. The summed E-state index contributed by atoms with van der Waals surface area (Å²) in [6.07, 6.45) is 0.761. The van der Waals surface area contributed by atoms with E-state index < -0.39 is 40.6 Å². The lowest BCUT2D eigenvalue weighted by molar-refractivity contribution is -0.151. The number of benzene rings is 1. The lowest BCUT2D eigenvalue weighted by atomic mass is 10.2. The SMILES string of the molecule is CC(C)NC(=O)NC(=O)COC(=O)C1CCCN1S(=O)(=O)c1ccc(Cl)cc1. The second kappa shape index (κ2) is 9.35. The average Bonchev–Trinajstić information content (AvgIpc) is 3.10. The van der Waals surface area contributed by atoms with Crippen molar-refractivity contribution < 1.29 is 27.5 Å². The van der Waals surface area contributed by atoms with Gasteiger partial charge in [0.2, 0.25) is 10.0 Å². The number of sulfonamides is 1. The molecule has 2 rings (SSSR count). The molecule has 11 heteroatoms. The summed E-state index contributed by atoms with van der Waals surface area (Å²) in [5, 5.41) is 4.87. The summed E-state index contributed by atoms with van der Waals surface area (Å²) in [5.74, 6) is -1.65. The molecule has 9 nitrogen and oxygen atoms in total. The fourth-order valence-corrected chi connectivity index (χ4v) is 4.47. The van der Waals surface area contributed by atoms with E-state index in [0.29, 0.717) is 11.4 Å². The number of nitrogens with zero attached hydrogens (tertiary/aromatic N) is 1. The highest BCUT2D eigenvalue weighted by Crippen LogP contribution is 2.27. The Morgan fingerprint density at radius 1 is 1.25 bits per heavy atom. The Bertz CT molecular complexity index is 841. The molecule has 28 heavy (non-hydrogen) atoms. The molecule has 1 aliphatic rings. The molecular formula is C17H22ClN3O6S. The number of imide groups is 1. The molecule has 0 spiro atoms. The number of rotatable bonds is 6. The average molecular weight is 432 g/mol. The van der Waals surface area contributed by atoms with Crippen LogP contribution in [0.25, 0.3) is 0 Å². The van der Waals surface area contributed by atoms with Gasteiger partial charge < -0.3 is 10.1 Å². The first-order valence-electron chi connectivity index (χ1n) is 8.65. The monoisotopic (exact) mass is 431 g/mol. The zero-order valence-corrected chi connectivity index (χ0v) is 17.0. The molecule has 1 aromatic carbocycles. The Labute approximate surface area is 168 Å². The molecular weight excluding hydrogens is 410 g/mol. The van der Waals surface area contributed by atoms with E-state index in [-0.39, 0.29) is 23.9 Å². The second-order valence-corrected chi connectivity index (χ2v) is 8.84. The number of carbonyl (C=O) groups excluding carboxylic acids is 3. The largest absolute Gasteiger partial charge is 0.454 e. The molecule has 1 unspecified atom stereocenters. The van der Waals surface area contributed by atoms with E-state index in [9.17, 15) is 22.8 Å². The molecule has 0 aliphatic carbocycles. The van der Waals surface area contributed by atoms with Crippen molar-refractivity contribution >= 4 is 39.5 Å². The van der Waals surface area contributed by atoms with Crippen molar-refractivity contribution in [1.82, 2.24) is 14.9 Å². The van der Waals surface area contributed by atoms with Crippen LogP contribution in [0.3, 0.4) is 0 Å². The highest BCUT2D eigenvalue weighted by Gasteiger charge is 2.40. The van der Waals surface area contributed by atoms with Crippen molar-refractivity contribution in [2.75, 3.05) is 13.2 Å². The number of ether oxygens (including phenoxy) is 1. The van der Waals surface area contributed by atoms with E-state index in [1.54, 1.807) is 13.8 Å². The molecule has 1 aromatic rings. The number of urea groups is 1. The third kappa shape index (κ3) is 5.66. The van der Waals surface area contributed by atoms with Crippen LogP contribution in [0.2, 0.25) is 5.02 Å². The normalized spacial score (nSPS) is 17.4. The number of hydrogen-bond donors (Lipinski definition) is 2. The van der Waals surface area contributed by atoms with Crippen molar-refractivity contribution in [2.45, 2.75) is 43.7 Å². The number of carbonyl (C=O) groups is 3. The van der Waals surface area contributed by atoms with Crippen LogP contribution in [-0.4, -0.2) is 55.9 Å². The summed E-state index contributed by atoms with van der Waals surface area (Å²) in [4.78, 5) is 35.5. The molecule has 1 atom stereocenters. The van der Waals surface area contributed by atoms with Crippen molar-refractivity contribution in [1.29, 1.82) is 0 Å². The molecule has 1 heterocycles. The first kappa shape index (κ1) is 22.1. The minimum Gasteiger partial charge on any atom is -0.454 e. The zero-order valence-electron chi connectivity index (χ0n) is 15.5. The van der Waals surface area contributed by atoms with Gasteiger partial charge in [-0.25, -0.2) is 13.2 Å². The first-order chi connectivity index (χ1) is 13.1. The number of halogens is 1. The summed E-state index contributed by atoms with van der Waals surface area (Å²) < 4.78 is 31.6. The summed E-state index contributed by atoms with van der Waals surface area (Å²) in [6.45, 7) is 2.92. The van der Waals surface area contributed by atoms with Gasteiger partial charge in [0, 0.05) is 17.6 Å². The molecule has 2 N–H and O–H groups in total. The molecule has 1 aliphatic heterocycles. The Morgan fingerprint density at radius 3 is 2.50 bits per heavy atom. The fraction of sp³-hybridized carbons (Fsp3) is 0.471. The van der Waals surface area contributed by atoms with Gasteiger partial charge >= 0.3 is 12.0 Å². The van der Waals surface area contributed by atoms with Gasteiger partial charge in [-0.05, 0) is 51.0 Å². The molecule has 3 amide bonds. The molecule has 0 saturated carbocycles. The van der Waals surface area contributed by atoms with Crippen LogP contribution < -0.4 is 10.6 Å². The van der Waals surface area contributed by atoms with Crippen LogP contribution in [0.15, 0.2) is 29.2 Å². The number of esters is 1. The maximum Gasteiger partial charge on any atom is 0.324 e. The van der Waals surface area contributed by atoms with Crippen molar-refractivity contribution in [2.24, 2.45) is 0 Å². The van der Waals surface area contributed by atoms with Crippen LogP contribution in [0.4, 0.5) is 4.79 Å². The Balaban J connectivity index is 1.98.